The highest BCUT2D eigenvalue weighted by atomic mass is 32.2. The molecule has 9 nitrogen and oxygen atoms in total. The van der Waals surface area contributed by atoms with Gasteiger partial charge in [0, 0.05) is 54.0 Å². The van der Waals surface area contributed by atoms with Gasteiger partial charge in [-0.15, -0.1) is 0 Å². The van der Waals surface area contributed by atoms with Gasteiger partial charge in [-0.2, -0.15) is 0 Å². The molecule has 0 aliphatic rings. The molecule has 2 aromatic heterocycles. The second kappa shape index (κ2) is 8.40. The molecule has 0 bridgehead atoms. The molecule has 4 rings (SSSR count). The summed E-state index contributed by atoms with van der Waals surface area (Å²) in [4.78, 5) is 14.6. The summed E-state index contributed by atoms with van der Waals surface area (Å²) in [6.45, 7) is 2.27. The van der Waals surface area contributed by atoms with E-state index in [1.54, 1.807) is 38.4 Å². The molecule has 0 radical (unpaired) electrons. The first-order chi connectivity index (χ1) is 15.3. The van der Waals surface area contributed by atoms with Crippen molar-refractivity contribution in [2.45, 2.75) is 18.4 Å². The summed E-state index contributed by atoms with van der Waals surface area (Å²) in [7, 11) is -2.05. The fourth-order valence-corrected chi connectivity index (χ4v) is 4.89. The second-order valence-electron chi connectivity index (χ2n) is 7.29. The lowest BCUT2D eigenvalue weighted by atomic mass is 10.1. The normalized spacial score (nSPS) is 11.6. The fraction of sp³-hybridized carbons (Fsp3) is 0.136. The van der Waals surface area contributed by atoms with E-state index in [2.05, 4.69) is 15.6 Å². The summed E-state index contributed by atoms with van der Waals surface area (Å²) in [6, 6.07) is 13.1. The van der Waals surface area contributed by atoms with Crippen molar-refractivity contribution in [3.8, 4) is 0 Å². The first kappa shape index (κ1) is 21.5. The van der Waals surface area contributed by atoms with Crippen LogP contribution in [0.25, 0.3) is 10.9 Å². The van der Waals surface area contributed by atoms with Crippen LogP contribution in [0.4, 0.5) is 17.1 Å². The number of nitrogens with one attached hydrogen (secondary N) is 2. The van der Waals surface area contributed by atoms with Crippen molar-refractivity contribution in [1.29, 1.82) is 0 Å². The molecule has 2 heterocycles. The van der Waals surface area contributed by atoms with E-state index >= 15 is 0 Å². The zero-order valence-corrected chi connectivity index (χ0v) is 18.3. The van der Waals surface area contributed by atoms with Gasteiger partial charge in [0.15, 0.2) is 0 Å². The van der Waals surface area contributed by atoms with Gasteiger partial charge in [-0.25, -0.2) is 12.4 Å². The number of benzene rings is 2. The predicted molar refractivity (Wildman–Crippen MR) is 123 cm³/mol. The summed E-state index contributed by atoms with van der Waals surface area (Å²) in [5.74, 6) is 0. The summed E-state index contributed by atoms with van der Waals surface area (Å²) in [5.41, 5.74) is 3.42. The number of aryl methyl sites for hydroxylation is 1. The van der Waals surface area contributed by atoms with Crippen molar-refractivity contribution >= 4 is 38.0 Å². The van der Waals surface area contributed by atoms with E-state index in [4.69, 9.17) is 0 Å². The number of nitro groups is 1. The lowest BCUT2D eigenvalue weighted by Gasteiger charge is -2.11. The molecule has 2 aromatic carbocycles. The van der Waals surface area contributed by atoms with Crippen molar-refractivity contribution in [2.75, 3.05) is 12.4 Å². The number of nitro benzene ring substituents is 1. The minimum atomic E-state index is -3.85. The van der Waals surface area contributed by atoms with Gasteiger partial charge < -0.3 is 10.6 Å². The molecule has 0 aliphatic heterocycles. The summed E-state index contributed by atoms with van der Waals surface area (Å²) < 4.78 is 27.9. The van der Waals surface area contributed by atoms with E-state index in [0.717, 1.165) is 10.9 Å². The molecule has 2 N–H and O–H groups in total. The van der Waals surface area contributed by atoms with Crippen molar-refractivity contribution in [3.05, 3.63) is 88.4 Å². The minimum Gasteiger partial charge on any atom is -0.355 e. The van der Waals surface area contributed by atoms with Gasteiger partial charge in [0.1, 0.15) is 4.90 Å². The molecular formula is C22H21N5O4S. The van der Waals surface area contributed by atoms with E-state index in [-0.39, 0.29) is 10.6 Å². The maximum Gasteiger partial charge on any atom is 0.269 e. The Hall–Kier alpha value is -3.76. The number of hydrogen-bond donors (Lipinski definition) is 2. The zero-order chi connectivity index (χ0) is 22.9. The fourth-order valence-electron chi connectivity index (χ4n) is 3.54. The Bertz CT molecular complexity index is 1420. The minimum absolute atomic E-state index is 0.0108. The van der Waals surface area contributed by atoms with E-state index in [1.807, 2.05) is 12.1 Å². The number of non-ortho nitro benzene ring substituents is 1. The monoisotopic (exact) mass is 451 g/mol. The third kappa shape index (κ3) is 3.93. The smallest absolute Gasteiger partial charge is 0.269 e. The number of anilines is 2. The van der Waals surface area contributed by atoms with Crippen LogP contribution in [0.1, 0.15) is 11.1 Å². The van der Waals surface area contributed by atoms with Crippen molar-refractivity contribution in [1.82, 2.24) is 14.3 Å². The number of fused-ring (bicyclic) bond motifs is 1. The van der Waals surface area contributed by atoms with Gasteiger partial charge in [-0.1, -0.05) is 6.07 Å². The number of pyridine rings is 1. The highest BCUT2D eigenvalue weighted by molar-refractivity contribution is 7.90. The topological polar surface area (TPSA) is 119 Å². The van der Waals surface area contributed by atoms with E-state index in [0.29, 0.717) is 29.0 Å². The first-order valence-corrected chi connectivity index (χ1v) is 11.2. The Morgan fingerprint density at radius 1 is 1.16 bits per heavy atom. The zero-order valence-electron chi connectivity index (χ0n) is 17.4. The number of rotatable bonds is 7. The third-order valence-corrected chi connectivity index (χ3v) is 6.77. The average molecular weight is 452 g/mol. The highest BCUT2D eigenvalue weighted by Gasteiger charge is 2.21. The van der Waals surface area contributed by atoms with Crippen LogP contribution in [0.3, 0.4) is 0 Å². The van der Waals surface area contributed by atoms with Gasteiger partial charge in [0.25, 0.3) is 15.7 Å². The van der Waals surface area contributed by atoms with Crippen LogP contribution in [0.15, 0.2) is 72.0 Å². The van der Waals surface area contributed by atoms with E-state index in [9.17, 15) is 18.5 Å². The Morgan fingerprint density at radius 2 is 1.97 bits per heavy atom. The lowest BCUT2D eigenvalue weighted by Crippen LogP contribution is -2.12. The van der Waals surface area contributed by atoms with Gasteiger partial charge in [-0.3, -0.25) is 15.1 Å². The van der Waals surface area contributed by atoms with E-state index < -0.39 is 14.9 Å². The largest absolute Gasteiger partial charge is 0.355 e. The molecule has 0 amide bonds. The molecule has 0 aliphatic carbocycles. The molecule has 0 unspecified atom stereocenters. The van der Waals surface area contributed by atoms with Crippen LogP contribution in [-0.2, 0) is 16.6 Å². The third-order valence-electron chi connectivity index (χ3n) is 5.11. The van der Waals surface area contributed by atoms with Gasteiger partial charge in [0.05, 0.1) is 10.4 Å². The Morgan fingerprint density at radius 3 is 2.62 bits per heavy atom. The molecule has 0 spiro atoms. The molecule has 32 heavy (non-hydrogen) atoms. The Balaban J connectivity index is 1.81. The maximum absolute atomic E-state index is 13.3. The standard InChI is InChI=1S/C22H21N5O4S/c1-15-10-18(27(28)29)6-8-21(15)25-17-5-7-20-16(12-23-2)14-26(22(20)11-17)32(30,31)19-4-3-9-24-13-19/h3-11,13-14,23,25H,12H2,1-2H3. The van der Waals surface area contributed by atoms with Crippen molar-refractivity contribution in [2.24, 2.45) is 0 Å². The molecule has 0 saturated heterocycles. The second-order valence-corrected chi connectivity index (χ2v) is 9.10. The Labute approximate surface area is 184 Å². The van der Waals surface area contributed by atoms with Crippen molar-refractivity contribution < 1.29 is 13.3 Å². The molecule has 0 fully saturated rings. The van der Waals surface area contributed by atoms with Crippen LogP contribution in [0.2, 0.25) is 0 Å². The van der Waals surface area contributed by atoms with Crippen LogP contribution in [-0.4, -0.2) is 29.3 Å². The van der Waals surface area contributed by atoms with Crippen LogP contribution < -0.4 is 10.6 Å². The lowest BCUT2D eigenvalue weighted by molar-refractivity contribution is -0.384. The number of nitrogens with zero attached hydrogens (tertiary/aromatic N) is 3. The number of hydrogen-bond acceptors (Lipinski definition) is 7. The summed E-state index contributed by atoms with van der Waals surface area (Å²) in [6.07, 6.45) is 4.46. The van der Waals surface area contributed by atoms with Gasteiger partial charge in [-0.05, 0) is 55.4 Å². The highest BCUT2D eigenvalue weighted by Crippen LogP contribution is 2.31. The van der Waals surface area contributed by atoms with Crippen LogP contribution in [0, 0.1) is 17.0 Å². The first-order valence-electron chi connectivity index (χ1n) is 9.77. The maximum atomic E-state index is 13.3. The molecule has 164 valence electrons. The molecule has 0 atom stereocenters. The predicted octanol–water partition coefficient (Wildman–Crippen LogP) is 3.95. The van der Waals surface area contributed by atoms with Crippen molar-refractivity contribution in [3.63, 3.8) is 0 Å². The molecular weight excluding hydrogens is 430 g/mol. The SMILES string of the molecule is CNCc1cn(S(=O)(=O)c2cccnc2)c2cc(Nc3ccc([N+](=O)[O-])cc3C)ccc12. The van der Waals surface area contributed by atoms with Gasteiger partial charge in [0.2, 0.25) is 0 Å². The quantitative estimate of drug-likeness (QED) is 0.322. The molecule has 10 heteroatoms. The average Bonchev–Trinajstić information content (AvgIpc) is 3.14. The van der Waals surface area contributed by atoms with Gasteiger partial charge >= 0.3 is 0 Å². The molecule has 4 aromatic rings. The molecule has 0 saturated carbocycles. The summed E-state index contributed by atoms with van der Waals surface area (Å²) in [5, 5.41) is 18.1. The van der Waals surface area contributed by atoms with Crippen LogP contribution >= 0.6 is 0 Å². The Kier molecular flexibility index (Phi) is 5.64. The van der Waals surface area contributed by atoms with Crippen LogP contribution in [0.5, 0.6) is 0 Å². The van der Waals surface area contributed by atoms with E-state index in [1.165, 1.54) is 34.6 Å². The number of aromatic nitrogens is 2. The summed E-state index contributed by atoms with van der Waals surface area (Å²) >= 11 is 0.